The van der Waals surface area contributed by atoms with Crippen LogP contribution in [0.2, 0.25) is 0 Å². The predicted octanol–water partition coefficient (Wildman–Crippen LogP) is 1.92. The fourth-order valence-electron chi connectivity index (χ4n) is 2.24. The summed E-state index contributed by atoms with van der Waals surface area (Å²) in [7, 11) is -0.322. The molecular formula is C14H22N2O3S. The molecule has 1 fully saturated rings. The van der Waals surface area contributed by atoms with Gasteiger partial charge in [0.1, 0.15) is 0 Å². The van der Waals surface area contributed by atoms with Gasteiger partial charge in [0, 0.05) is 26.3 Å². The summed E-state index contributed by atoms with van der Waals surface area (Å²) in [4.78, 5) is 0.299. The smallest absolute Gasteiger partial charge is 0.242 e. The van der Waals surface area contributed by atoms with Gasteiger partial charge >= 0.3 is 0 Å². The lowest BCUT2D eigenvalue weighted by Gasteiger charge is -2.15. The molecule has 0 aromatic heterocycles. The number of hydrogen-bond donors (Lipinski definition) is 1. The van der Waals surface area contributed by atoms with E-state index in [0.717, 1.165) is 18.5 Å². The highest BCUT2D eigenvalue weighted by Gasteiger charge is 2.21. The molecule has 1 aliphatic heterocycles. The van der Waals surface area contributed by atoms with Crippen LogP contribution in [0.4, 0.5) is 5.69 Å². The monoisotopic (exact) mass is 298 g/mol. The average molecular weight is 298 g/mol. The molecule has 2 rings (SSSR count). The Bertz CT molecular complexity index is 557. The van der Waals surface area contributed by atoms with E-state index in [0.29, 0.717) is 17.5 Å². The van der Waals surface area contributed by atoms with E-state index in [1.807, 2.05) is 6.07 Å². The Hall–Kier alpha value is -1.11. The fraction of sp³-hybridized carbons (Fsp3) is 0.571. The molecule has 0 spiro atoms. The molecule has 1 aromatic rings. The van der Waals surface area contributed by atoms with Crippen molar-refractivity contribution >= 4 is 15.7 Å². The van der Waals surface area contributed by atoms with Crippen molar-refractivity contribution in [2.75, 3.05) is 26.0 Å². The van der Waals surface area contributed by atoms with E-state index < -0.39 is 10.0 Å². The van der Waals surface area contributed by atoms with Crippen LogP contribution in [0, 0.1) is 0 Å². The third-order valence-electron chi connectivity index (χ3n) is 3.47. The number of hydrogen-bond acceptors (Lipinski definition) is 4. The van der Waals surface area contributed by atoms with Gasteiger partial charge in [-0.3, -0.25) is 0 Å². The number of sulfonamides is 1. The van der Waals surface area contributed by atoms with Crippen LogP contribution in [-0.2, 0) is 14.8 Å². The highest BCUT2D eigenvalue weighted by atomic mass is 32.2. The van der Waals surface area contributed by atoms with Gasteiger partial charge in [-0.1, -0.05) is 6.07 Å². The molecule has 112 valence electrons. The van der Waals surface area contributed by atoms with Crippen LogP contribution < -0.4 is 5.32 Å². The maximum Gasteiger partial charge on any atom is 0.242 e. The zero-order chi connectivity index (χ0) is 14.8. The molecule has 1 aliphatic rings. The number of nitrogens with zero attached hydrogens (tertiary/aromatic N) is 1. The molecule has 2 atom stereocenters. The summed E-state index contributed by atoms with van der Waals surface area (Å²) < 4.78 is 31.1. The molecule has 0 amide bonds. The van der Waals surface area contributed by atoms with Gasteiger partial charge < -0.3 is 10.1 Å². The first-order valence-electron chi connectivity index (χ1n) is 6.81. The summed E-state index contributed by atoms with van der Waals surface area (Å²) in [6.45, 7) is 2.78. The van der Waals surface area contributed by atoms with Gasteiger partial charge in [-0.25, -0.2) is 12.7 Å². The Labute approximate surface area is 121 Å². The van der Waals surface area contributed by atoms with Crippen LogP contribution in [0.3, 0.4) is 0 Å². The van der Waals surface area contributed by atoms with Crippen molar-refractivity contribution in [3.63, 3.8) is 0 Å². The number of nitrogens with one attached hydrogen (secondary N) is 1. The van der Waals surface area contributed by atoms with Crippen molar-refractivity contribution in [1.29, 1.82) is 0 Å². The number of benzene rings is 1. The maximum atomic E-state index is 12.1. The van der Waals surface area contributed by atoms with Crippen LogP contribution in [0.15, 0.2) is 29.2 Å². The van der Waals surface area contributed by atoms with Gasteiger partial charge in [-0.05, 0) is 38.0 Å². The molecule has 1 aromatic carbocycles. The Morgan fingerprint density at radius 1 is 1.35 bits per heavy atom. The molecule has 1 N–H and O–H groups in total. The summed E-state index contributed by atoms with van der Waals surface area (Å²) in [5, 5.41) is 3.25. The third-order valence-corrected chi connectivity index (χ3v) is 5.28. The summed E-state index contributed by atoms with van der Waals surface area (Å²) in [6.07, 6.45) is 2.66. The van der Waals surface area contributed by atoms with E-state index in [4.69, 9.17) is 4.74 Å². The zero-order valence-electron chi connectivity index (χ0n) is 12.2. The van der Waals surface area contributed by atoms with Gasteiger partial charge in [0.05, 0.1) is 17.1 Å². The van der Waals surface area contributed by atoms with Crippen LogP contribution in [0.25, 0.3) is 0 Å². The van der Waals surface area contributed by atoms with E-state index in [9.17, 15) is 8.42 Å². The van der Waals surface area contributed by atoms with Gasteiger partial charge in [-0.15, -0.1) is 0 Å². The van der Waals surface area contributed by atoms with E-state index in [2.05, 4.69) is 12.2 Å². The fourth-order valence-corrected chi connectivity index (χ4v) is 3.19. The Kier molecular flexibility index (Phi) is 4.67. The Balaban J connectivity index is 2.03. The normalized spacial score (nSPS) is 23.2. The minimum Gasteiger partial charge on any atom is -0.382 e. The summed E-state index contributed by atoms with van der Waals surface area (Å²) >= 11 is 0. The minimum atomic E-state index is -3.38. The molecule has 5 nitrogen and oxygen atoms in total. The number of rotatable bonds is 5. The van der Waals surface area contributed by atoms with Crippen LogP contribution in [0.1, 0.15) is 19.8 Å². The summed E-state index contributed by atoms with van der Waals surface area (Å²) in [5.41, 5.74) is 0.802. The van der Waals surface area contributed by atoms with Crippen molar-refractivity contribution in [2.45, 2.75) is 36.9 Å². The van der Waals surface area contributed by atoms with Crippen LogP contribution in [-0.4, -0.2) is 45.6 Å². The predicted molar refractivity (Wildman–Crippen MR) is 79.4 cm³/mol. The van der Waals surface area contributed by atoms with Crippen molar-refractivity contribution in [3.05, 3.63) is 24.3 Å². The first kappa shape index (κ1) is 15.3. The number of anilines is 1. The lowest BCUT2D eigenvalue weighted by molar-refractivity contribution is 0.0637. The first-order valence-corrected chi connectivity index (χ1v) is 8.25. The SMILES string of the molecule is CC1CCC(CNc2cccc(S(=O)(=O)N(C)C)c2)O1. The second kappa shape index (κ2) is 6.11. The molecule has 0 radical (unpaired) electrons. The Morgan fingerprint density at radius 2 is 2.10 bits per heavy atom. The first-order chi connectivity index (χ1) is 9.39. The summed E-state index contributed by atoms with van der Waals surface area (Å²) in [5.74, 6) is 0. The zero-order valence-corrected chi connectivity index (χ0v) is 13.0. The largest absolute Gasteiger partial charge is 0.382 e. The van der Waals surface area contributed by atoms with Gasteiger partial charge in [-0.2, -0.15) is 0 Å². The minimum absolute atomic E-state index is 0.208. The second-order valence-electron chi connectivity index (χ2n) is 5.34. The lowest BCUT2D eigenvalue weighted by atomic mass is 10.2. The lowest BCUT2D eigenvalue weighted by Crippen LogP contribution is -2.23. The molecule has 0 saturated carbocycles. The van der Waals surface area contributed by atoms with E-state index in [1.54, 1.807) is 18.2 Å². The van der Waals surface area contributed by atoms with Crippen molar-refractivity contribution in [3.8, 4) is 0 Å². The van der Waals surface area contributed by atoms with Crippen LogP contribution in [0.5, 0.6) is 0 Å². The van der Waals surface area contributed by atoms with Gasteiger partial charge in [0.15, 0.2) is 0 Å². The van der Waals surface area contributed by atoms with Crippen LogP contribution >= 0.6 is 0 Å². The van der Waals surface area contributed by atoms with Crippen molar-refractivity contribution < 1.29 is 13.2 Å². The molecule has 0 bridgehead atoms. The molecular weight excluding hydrogens is 276 g/mol. The van der Waals surface area contributed by atoms with Gasteiger partial charge in [0.25, 0.3) is 0 Å². The molecule has 6 heteroatoms. The van der Waals surface area contributed by atoms with E-state index in [1.165, 1.54) is 18.4 Å². The van der Waals surface area contributed by atoms with E-state index >= 15 is 0 Å². The second-order valence-corrected chi connectivity index (χ2v) is 7.49. The topological polar surface area (TPSA) is 58.6 Å². The van der Waals surface area contributed by atoms with Gasteiger partial charge in [0.2, 0.25) is 10.0 Å². The highest BCUT2D eigenvalue weighted by Crippen LogP contribution is 2.21. The maximum absolute atomic E-state index is 12.1. The van der Waals surface area contributed by atoms with Crippen molar-refractivity contribution in [2.24, 2.45) is 0 Å². The summed E-state index contributed by atoms with van der Waals surface area (Å²) in [6, 6.07) is 6.88. The quantitative estimate of drug-likeness (QED) is 0.902. The van der Waals surface area contributed by atoms with E-state index in [-0.39, 0.29) is 6.10 Å². The molecule has 20 heavy (non-hydrogen) atoms. The standard InChI is InChI=1S/C14H22N2O3S/c1-11-7-8-13(19-11)10-15-12-5-4-6-14(9-12)20(17,18)16(2)3/h4-6,9,11,13,15H,7-8,10H2,1-3H3. The molecule has 0 aliphatic carbocycles. The number of ether oxygens (including phenoxy) is 1. The Morgan fingerprint density at radius 3 is 2.70 bits per heavy atom. The molecule has 1 heterocycles. The highest BCUT2D eigenvalue weighted by molar-refractivity contribution is 7.89. The average Bonchev–Trinajstić information content (AvgIpc) is 2.82. The third kappa shape index (κ3) is 3.50. The van der Waals surface area contributed by atoms with Crippen molar-refractivity contribution in [1.82, 2.24) is 4.31 Å². The molecule has 1 saturated heterocycles. The molecule has 2 unspecified atom stereocenters.